The lowest BCUT2D eigenvalue weighted by atomic mass is 9.88. The molecule has 0 aromatic heterocycles. The number of hydrogen-bond donors (Lipinski definition) is 2. The van der Waals surface area contributed by atoms with E-state index in [1.807, 2.05) is 0 Å². The highest BCUT2D eigenvalue weighted by Crippen LogP contribution is 2.48. The Hall–Kier alpha value is -2.32. The highest BCUT2D eigenvalue weighted by molar-refractivity contribution is 6.32. The first-order valence-corrected chi connectivity index (χ1v) is 10.7. The molecule has 31 heavy (non-hydrogen) atoms. The Bertz CT molecular complexity index is 869. The highest BCUT2D eigenvalue weighted by atomic mass is 35.5. The number of methoxy groups -OCH3 is 1. The van der Waals surface area contributed by atoms with E-state index < -0.39 is 28.7 Å². The van der Waals surface area contributed by atoms with Crippen molar-refractivity contribution in [1.82, 2.24) is 10.6 Å². The van der Waals surface area contributed by atoms with Crippen LogP contribution in [-0.2, 0) is 24.5 Å². The molecule has 2 N–H and O–H groups in total. The van der Waals surface area contributed by atoms with Gasteiger partial charge < -0.3 is 24.8 Å². The van der Waals surface area contributed by atoms with Crippen molar-refractivity contribution in [3.05, 3.63) is 34.3 Å². The highest BCUT2D eigenvalue weighted by Gasteiger charge is 2.51. The second-order valence-electron chi connectivity index (χ2n) is 9.04. The summed E-state index contributed by atoms with van der Waals surface area (Å²) >= 11 is 6.45. The lowest BCUT2D eigenvalue weighted by molar-refractivity contribution is -0.132. The number of amides is 2. The predicted molar refractivity (Wildman–Crippen MR) is 114 cm³/mol. The zero-order valence-corrected chi connectivity index (χ0v) is 19.1. The molecule has 2 amide bonds. The van der Waals surface area contributed by atoms with Crippen molar-refractivity contribution in [2.24, 2.45) is 0 Å². The fourth-order valence-corrected chi connectivity index (χ4v) is 4.06. The molecule has 8 nitrogen and oxygen atoms in total. The van der Waals surface area contributed by atoms with Gasteiger partial charge in [0, 0.05) is 31.1 Å². The monoisotopic (exact) mass is 452 g/mol. The third-order valence-electron chi connectivity index (χ3n) is 5.53. The molecular formula is C22H29ClN2O6. The van der Waals surface area contributed by atoms with Crippen molar-refractivity contribution in [3.8, 4) is 0 Å². The van der Waals surface area contributed by atoms with Crippen LogP contribution < -0.4 is 10.6 Å². The van der Waals surface area contributed by atoms with Gasteiger partial charge in [-0.3, -0.25) is 4.79 Å². The fourth-order valence-electron chi connectivity index (χ4n) is 3.70. The van der Waals surface area contributed by atoms with E-state index in [9.17, 15) is 14.4 Å². The quantitative estimate of drug-likeness (QED) is 0.664. The minimum atomic E-state index is -1.13. The minimum absolute atomic E-state index is 0.299. The molecule has 2 aliphatic rings. The molecule has 1 aromatic rings. The summed E-state index contributed by atoms with van der Waals surface area (Å²) in [5.74, 6) is -0.780. The van der Waals surface area contributed by atoms with Crippen LogP contribution in [0.1, 0.15) is 62.4 Å². The number of rotatable bonds is 5. The number of alkyl carbamates (subject to hydrolysis) is 1. The van der Waals surface area contributed by atoms with Crippen LogP contribution in [0.2, 0.25) is 5.02 Å². The van der Waals surface area contributed by atoms with Gasteiger partial charge >= 0.3 is 12.1 Å². The Balaban J connectivity index is 1.80. The molecule has 9 heteroatoms. The molecule has 170 valence electrons. The molecule has 1 aliphatic heterocycles. The topological polar surface area (TPSA) is 103 Å². The van der Waals surface area contributed by atoms with Crippen LogP contribution in [0.3, 0.4) is 0 Å². The van der Waals surface area contributed by atoms with Gasteiger partial charge in [-0.25, -0.2) is 9.59 Å². The zero-order valence-electron chi connectivity index (χ0n) is 18.3. The molecule has 0 bridgehead atoms. The molecule has 1 saturated carbocycles. The summed E-state index contributed by atoms with van der Waals surface area (Å²) in [6.45, 7) is 6.00. The van der Waals surface area contributed by atoms with Gasteiger partial charge in [0.25, 0.3) is 0 Å². The summed E-state index contributed by atoms with van der Waals surface area (Å²) < 4.78 is 15.5. The van der Waals surface area contributed by atoms with Crippen molar-refractivity contribution in [2.75, 3.05) is 20.3 Å². The second kappa shape index (κ2) is 8.67. The van der Waals surface area contributed by atoms with E-state index in [2.05, 4.69) is 10.6 Å². The maximum atomic E-state index is 13.4. The molecular weight excluding hydrogens is 424 g/mol. The number of nitrogens with one attached hydrogen (secondary N) is 2. The van der Waals surface area contributed by atoms with Crippen molar-refractivity contribution < 1.29 is 28.6 Å². The molecule has 3 rings (SSSR count). The number of esters is 1. The number of ether oxygens (including phenoxy) is 3. The SMILES string of the molecule is COC(=O)c1ccc(C2(NC(=O)C3(NC(=O)OC(C)(C)C)CCOCC3)CC2)c(Cl)c1. The molecule has 2 fully saturated rings. The Morgan fingerprint density at radius 2 is 1.71 bits per heavy atom. The average molecular weight is 453 g/mol. The first kappa shape index (κ1) is 23.3. The first-order chi connectivity index (χ1) is 14.5. The summed E-state index contributed by atoms with van der Waals surface area (Å²) in [4.78, 5) is 37.6. The van der Waals surface area contributed by atoms with Gasteiger partial charge in [0.2, 0.25) is 5.91 Å². The minimum Gasteiger partial charge on any atom is -0.465 e. The van der Waals surface area contributed by atoms with Crippen LogP contribution in [0, 0.1) is 0 Å². The lowest BCUT2D eigenvalue weighted by Gasteiger charge is -2.38. The third kappa shape index (κ3) is 5.30. The smallest absolute Gasteiger partial charge is 0.408 e. The number of hydrogen-bond acceptors (Lipinski definition) is 6. The summed E-state index contributed by atoms with van der Waals surface area (Å²) in [6.07, 6.45) is 1.44. The molecule has 0 spiro atoms. The molecule has 0 unspecified atom stereocenters. The van der Waals surface area contributed by atoms with Crippen LogP contribution in [0.5, 0.6) is 0 Å². The number of benzene rings is 1. The van der Waals surface area contributed by atoms with Crippen molar-refractivity contribution in [3.63, 3.8) is 0 Å². The van der Waals surface area contributed by atoms with Crippen molar-refractivity contribution >= 4 is 29.6 Å². The third-order valence-corrected chi connectivity index (χ3v) is 5.84. The summed E-state index contributed by atoms with van der Waals surface area (Å²) in [5, 5.41) is 6.27. The Morgan fingerprint density at radius 3 is 2.23 bits per heavy atom. The van der Waals surface area contributed by atoms with Crippen LogP contribution in [-0.4, -0.2) is 49.4 Å². The lowest BCUT2D eigenvalue weighted by Crippen LogP contribution is -2.63. The number of carbonyl (C=O) groups is 3. The van der Waals surface area contributed by atoms with E-state index in [1.54, 1.807) is 32.9 Å². The van der Waals surface area contributed by atoms with Crippen LogP contribution in [0.4, 0.5) is 4.79 Å². The standard InChI is InChI=1S/C22H29ClN2O6/c1-20(2,3)31-19(28)25-22(9-11-30-12-10-22)18(27)24-21(7-8-21)15-6-5-14(13-16(15)23)17(26)29-4/h5-6,13H,7-12H2,1-4H3,(H,24,27)(H,25,28). The van der Waals surface area contributed by atoms with Gasteiger partial charge in [-0.1, -0.05) is 17.7 Å². The van der Waals surface area contributed by atoms with Crippen LogP contribution >= 0.6 is 11.6 Å². The van der Waals surface area contributed by atoms with E-state index in [1.165, 1.54) is 13.2 Å². The molecule has 1 saturated heterocycles. The van der Waals surface area contributed by atoms with E-state index >= 15 is 0 Å². The summed E-state index contributed by atoms with van der Waals surface area (Å²) in [5.41, 5.74) is -1.38. The van der Waals surface area contributed by atoms with E-state index in [0.29, 0.717) is 49.5 Å². The van der Waals surface area contributed by atoms with Crippen LogP contribution in [0.15, 0.2) is 18.2 Å². The normalized spacial score (nSPS) is 19.1. The summed E-state index contributed by atoms with van der Waals surface area (Å²) in [7, 11) is 1.30. The van der Waals surface area contributed by atoms with Crippen molar-refractivity contribution in [1.29, 1.82) is 0 Å². The number of carbonyl (C=O) groups excluding carboxylic acids is 3. The zero-order chi connectivity index (χ0) is 22.9. The maximum absolute atomic E-state index is 13.4. The molecule has 0 radical (unpaired) electrons. The molecule has 1 aromatic carbocycles. The van der Waals surface area contributed by atoms with E-state index in [-0.39, 0.29) is 5.91 Å². The molecule has 1 heterocycles. The molecule has 1 aliphatic carbocycles. The Morgan fingerprint density at radius 1 is 1.06 bits per heavy atom. The fraction of sp³-hybridized carbons (Fsp3) is 0.591. The van der Waals surface area contributed by atoms with Gasteiger partial charge in [0.15, 0.2) is 0 Å². The van der Waals surface area contributed by atoms with Crippen LogP contribution in [0.25, 0.3) is 0 Å². The van der Waals surface area contributed by atoms with Gasteiger partial charge in [-0.15, -0.1) is 0 Å². The maximum Gasteiger partial charge on any atom is 0.408 e. The van der Waals surface area contributed by atoms with E-state index in [4.69, 9.17) is 25.8 Å². The van der Waals surface area contributed by atoms with Gasteiger partial charge in [0.1, 0.15) is 11.1 Å². The van der Waals surface area contributed by atoms with Gasteiger partial charge in [-0.2, -0.15) is 0 Å². The molecule has 0 atom stereocenters. The Labute approximate surface area is 186 Å². The van der Waals surface area contributed by atoms with Gasteiger partial charge in [0.05, 0.1) is 18.2 Å². The van der Waals surface area contributed by atoms with E-state index in [0.717, 1.165) is 5.56 Å². The van der Waals surface area contributed by atoms with Crippen molar-refractivity contribution in [2.45, 2.75) is 63.1 Å². The Kier molecular flexibility index (Phi) is 6.53. The summed E-state index contributed by atoms with van der Waals surface area (Å²) in [6, 6.07) is 4.90. The first-order valence-electron chi connectivity index (χ1n) is 10.3. The average Bonchev–Trinajstić information content (AvgIpc) is 3.46. The van der Waals surface area contributed by atoms with Gasteiger partial charge in [-0.05, 0) is 51.3 Å². The largest absolute Gasteiger partial charge is 0.465 e. The predicted octanol–water partition coefficient (Wildman–Crippen LogP) is 3.31. The number of halogens is 1. The second-order valence-corrected chi connectivity index (χ2v) is 9.45.